The summed E-state index contributed by atoms with van der Waals surface area (Å²) in [4.78, 5) is 24.7. The maximum absolute atomic E-state index is 13.8. The summed E-state index contributed by atoms with van der Waals surface area (Å²) in [5.41, 5.74) is 4.26. The predicted molar refractivity (Wildman–Crippen MR) is 153 cm³/mol. The van der Waals surface area contributed by atoms with Crippen LogP contribution in [-0.4, -0.2) is 61.1 Å². The summed E-state index contributed by atoms with van der Waals surface area (Å²) >= 11 is 0. The van der Waals surface area contributed by atoms with Crippen LogP contribution in [0.3, 0.4) is 0 Å². The highest BCUT2D eigenvalue weighted by Gasteiger charge is 2.36. The number of pyridine rings is 1. The summed E-state index contributed by atoms with van der Waals surface area (Å²) < 4.78 is 18.5. The average Bonchev–Trinajstić information content (AvgIpc) is 3.39. The summed E-state index contributed by atoms with van der Waals surface area (Å²) in [6, 6.07) is 14.5. The minimum atomic E-state index is -0.663. The van der Waals surface area contributed by atoms with Crippen molar-refractivity contribution in [3.8, 4) is 28.6 Å². The number of allylic oxidation sites excluding steroid dienone is 1. The molecule has 0 saturated carbocycles. The van der Waals surface area contributed by atoms with E-state index in [9.17, 15) is 4.79 Å². The maximum Gasteiger partial charge on any atom is 0.255 e. The number of hydrogen-bond donors (Lipinski definition) is 2. The quantitative estimate of drug-likeness (QED) is 0.336. The average molecular weight is 542 g/mol. The summed E-state index contributed by atoms with van der Waals surface area (Å²) in [7, 11) is 8.63. The zero-order chi connectivity index (χ0) is 28.4. The molecular formula is C29H31N7O4. The first-order valence-electron chi connectivity index (χ1n) is 12.6. The van der Waals surface area contributed by atoms with Gasteiger partial charge in [0.15, 0.2) is 17.3 Å². The van der Waals surface area contributed by atoms with Gasteiger partial charge in [0.1, 0.15) is 6.04 Å². The summed E-state index contributed by atoms with van der Waals surface area (Å²) in [6.07, 6.45) is 3.24. The van der Waals surface area contributed by atoms with Gasteiger partial charge in [0.05, 0.1) is 38.8 Å². The molecular weight excluding hydrogens is 510 g/mol. The lowest BCUT2D eigenvalue weighted by Gasteiger charge is -2.29. The van der Waals surface area contributed by atoms with Crippen LogP contribution < -0.4 is 29.7 Å². The zero-order valence-electron chi connectivity index (χ0n) is 23.2. The lowest BCUT2D eigenvalue weighted by molar-refractivity contribution is -0.113. The fourth-order valence-electron chi connectivity index (χ4n) is 4.68. The molecule has 206 valence electrons. The van der Waals surface area contributed by atoms with Crippen molar-refractivity contribution < 1.29 is 19.0 Å². The summed E-state index contributed by atoms with van der Waals surface area (Å²) in [5, 5.41) is 11.1. The van der Waals surface area contributed by atoms with Gasteiger partial charge >= 0.3 is 0 Å². The van der Waals surface area contributed by atoms with E-state index in [1.807, 2.05) is 62.3 Å². The third kappa shape index (κ3) is 4.89. The number of carbonyl (C=O) groups excluding carboxylic acids is 1. The number of amides is 1. The van der Waals surface area contributed by atoms with Gasteiger partial charge in [0, 0.05) is 37.2 Å². The Labute approximate surface area is 232 Å². The topological polar surface area (TPSA) is 116 Å². The molecule has 0 bridgehead atoms. The third-order valence-electron chi connectivity index (χ3n) is 6.66. The van der Waals surface area contributed by atoms with E-state index in [1.165, 1.54) is 0 Å². The summed E-state index contributed by atoms with van der Waals surface area (Å²) in [5.74, 6) is 2.08. The Morgan fingerprint density at radius 1 is 1.02 bits per heavy atom. The minimum absolute atomic E-state index is 0.310. The van der Waals surface area contributed by atoms with Crippen LogP contribution in [-0.2, 0) is 4.79 Å². The van der Waals surface area contributed by atoms with Gasteiger partial charge in [0.25, 0.3) is 5.91 Å². The molecule has 0 spiro atoms. The Hall–Kier alpha value is -5.06. The molecule has 1 aliphatic heterocycles. The Kier molecular flexibility index (Phi) is 7.28. The molecule has 0 aliphatic carbocycles. The first-order valence-corrected chi connectivity index (χ1v) is 12.6. The van der Waals surface area contributed by atoms with Crippen LogP contribution in [0.1, 0.15) is 18.5 Å². The van der Waals surface area contributed by atoms with Gasteiger partial charge in [-0.1, -0.05) is 0 Å². The van der Waals surface area contributed by atoms with Crippen molar-refractivity contribution in [1.29, 1.82) is 0 Å². The number of nitrogens with zero attached hydrogens (tertiary/aromatic N) is 5. The van der Waals surface area contributed by atoms with Crippen LogP contribution in [0.15, 0.2) is 72.2 Å². The van der Waals surface area contributed by atoms with Crippen molar-refractivity contribution in [2.75, 3.05) is 51.0 Å². The van der Waals surface area contributed by atoms with E-state index in [2.05, 4.69) is 15.6 Å². The van der Waals surface area contributed by atoms with Gasteiger partial charge in [-0.3, -0.25) is 9.78 Å². The number of fused-ring (bicyclic) bond motifs is 1. The molecule has 0 radical (unpaired) electrons. The number of aromatic nitrogens is 4. The molecule has 0 saturated heterocycles. The van der Waals surface area contributed by atoms with E-state index in [0.29, 0.717) is 51.5 Å². The number of methoxy groups -OCH3 is 3. The van der Waals surface area contributed by atoms with Crippen LogP contribution in [0.5, 0.6) is 17.2 Å². The van der Waals surface area contributed by atoms with E-state index in [1.54, 1.807) is 50.5 Å². The first kappa shape index (κ1) is 26.5. The van der Waals surface area contributed by atoms with Crippen molar-refractivity contribution in [2.45, 2.75) is 13.0 Å². The standard InChI is InChI=1S/C29H31N7O4/c1-17-24(28(37)32-20-8-7-13-30-16-20)25(19-14-22(38-4)26(40-6)23(15-19)39-5)36-29(31-17)33-27(34-36)18-9-11-21(12-10-18)35(2)3/h7-16,25H,1-6H3,(H,32,37)(H,31,33,34). The summed E-state index contributed by atoms with van der Waals surface area (Å²) in [6.45, 7) is 1.84. The minimum Gasteiger partial charge on any atom is -0.493 e. The molecule has 4 aromatic rings. The van der Waals surface area contributed by atoms with Gasteiger partial charge in [-0.15, -0.1) is 5.10 Å². The third-order valence-corrected chi connectivity index (χ3v) is 6.66. The van der Waals surface area contributed by atoms with Crippen molar-refractivity contribution in [3.63, 3.8) is 0 Å². The number of hydrogen-bond acceptors (Lipinski definition) is 9. The van der Waals surface area contributed by atoms with Crippen molar-refractivity contribution in [1.82, 2.24) is 19.7 Å². The van der Waals surface area contributed by atoms with Crippen LogP contribution in [0, 0.1) is 0 Å². The molecule has 40 heavy (non-hydrogen) atoms. The van der Waals surface area contributed by atoms with E-state index in [0.717, 1.165) is 11.3 Å². The smallest absolute Gasteiger partial charge is 0.255 e. The van der Waals surface area contributed by atoms with E-state index in [-0.39, 0.29) is 5.91 Å². The molecule has 1 atom stereocenters. The van der Waals surface area contributed by atoms with E-state index >= 15 is 0 Å². The SMILES string of the molecule is COc1cc(C2C(C(=O)Nc3cccnc3)=C(C)Nc3nc(-c4ccc(N(C)C)cc4)nn32)cc(OC)c1OC. The predicted octanol–water partition coefficient (Wildman–Crippen LogP) is 4.36. The van der Waals surface area contributed by atoms with Gasteiger partial charge in [-0.2, -0.15) is 4.98 Å². The van der Waals surface area contributed by atoms with Crippen LogP contribution in [0.2, 0.25) is 0 Å². The van der Waals surface area contributed by atoms with Crippen molar-refractivity contribution in [2.24, 2.45) is 0 Å². The highest BCUT2D eigenvalue weighted by molar-refractivity contribution is 6.06. The normalized spacial score (nSPS) is 14.2. The Morgan fingerprint density at radius 3 is 2.30 bits per heavy atom. The highest BCUT2D eigenvalue weighted by Crippen LogP contribution is 2.44. The molecule has 1 unspecified atom stereocenters. The fourth-order valence-corrected chi connectivity index (χ4v) is 4.68. The number of anilines is 3. The van der Waals surface area contributed by atoms with Crippen molar-refractivity contribution >= 4 is 23.2 Å². The van der Waals surface area contributed by atoms with Crippen LogP contribution in [0.25, 0.3) is 11.4 Å². The molecule has 11 nitrogen and oxygen atoms in total. The molecule has 2 N–H and O–H groups in total. The molecule has 2 aromatic heterocycles. The highest BCUT2D eigenvalue weighted by atomic mass is 16.5. The Balaban J connectivity index is 1.65. The molecule has 3 heterocycles. The number of rotatable bonds is 8. The van der Waals surface area contributed by atoms with Gasteiger partial charge in [0.2, 0.25) is 11.7 Å². The first-order chi connectivity index (χ1) is 19.3. The molecule has 2 aromatic carbocycles. The van der Waals surface area contributed by atoms with Gasteiger partial charge in [-0.25, -0.2) is 4.68 Å². The Morgan fingerprint density at radius 2 is 1.73 bits per heavy atom. The fraction of sp³-hybridized carbons (Fsp3) is 0.241. The second-order valence-corrected chi connectivity index (χ2v) is 9.37. The number of nitrogens with one attached hydrogen (secondary N) is 2. The number of ether oxygens (including phenoxy) is 3. The van der Waals surface area contributed by atoms with E-state index < -0.39 is 6.04 Å². The molecule has 5 rings (SSSR count). The monoisotopic (exact) mass is 541 g/mol. The molecule has 1 amide bonds. The molecule has 11 heteroatoms. The number of benzene rings is 2. The molecule has 1 aliphatic rings. The largest absolute Gasteiger partial charge is 0.493 e. The lowest BCUT2D eigenvalue weighted by atomic mass is 9.94. The zero-order valence-corrected chi connectivity index (χ0v) is 23.2. The van der Waals surface area contributed by atoms with Gasteiger partial charge < -0.3 is 29.7 Å². The second kappa shape index (κ2) is 11.0. The lowest BCUT2D eigenvalue weighted by Crippen LogP contribution is -2.31. The van der Waals surface area contributed by atoms with Crippen LogP contribution >= 0.6 is 0 Å². The second-order valence-electron chi connectivity index (χ2n) is 9.37. The van der Waals surface area contributed by atoms with Gasteiger partial charge in [-0.05, 0) is 61.0 Å². The van der Waals surface area contributed by atoms with E-state index in [4.69, 9.17) is 24.3 Å². The Bertz CT molecular complexity index is 1540. The maximum atomic E-state index is 13.8. The number of carbonyl (C=O) groups is 1. The molecule has 0 fully saturated rings. The van der Waals surface area contributed by atoms with Crippen LogP contribution in [0.4, 0.5) is 17.3 Å². The van der Waals surface area contributed by atoms with Crippen molar-refractivity contribution in [3.05, 3.63) is 77.8 Å².